The molecule has 1 unspecified atom stereocenters. The van der Waals surface area contributed by atoms with Crippen LogP contribution in [0.3, 0.4) is 0 Å². The quantitative estimate of drug-likeness (QED) is 0.588. The summed E-state index contributed by atoms with van der Waals surface area (Å²) in [7, 11) is 0. The molecule has 0 saturated carbocycles. The van der Waals surface area contributed by atoms with Crippen molar-refractivity contribution in [2.75, 3.05) is 0 Å². The lowest BCUT2D eigenvalue weighted by atomic mass is 10.1. The van der Waals surface area contributed by atoms with E-state index in [4.69, 9.17) is 5.73 Å². The van der Waals surface area contributed by atoms with Crippen LogP contribution in [0.25, 0.3) is 0 Å². The van der Waals surface area contributed by atoms with Crippen molar-refractivity contribution in [1.82, 2.24) is 0 Å². The average molecular weight is 202 g/mol. The van der Waals surface area contributed by atoms with Crippen LogP contribution < -0.4 is 5.73 Å². The van der Waals surface area contributed by atoms with Crippen molar-refractivity contribution in [3.05, 3.63) is 39.4 Å². The van der Waals surface area contributed by atoms with E-state index in [1.54, 1.807) is 0 Å². The lowest BCUT2D eigenvalue weighted by Crippen LogP contribution is -2.11. The third-order valence-electron chi connectivity index (χ3n) is 1.76. The number of halogens is 2. The Morgan fingerprint density at radius 3 is 2.50 bits per heavy atom. The van der Waals surface area contributed by atoms with Gasteiger partial charge in [-0.1, -0.05) is 0 Å². The summed E-state index contributed by atoms with van der Waals surface area (Å²) in [4.78, 5) is 9.39. The van der Waals surface area contributed by atoms with Gasteiger partial charge in [0.2, 0.25) is 5.82 Å². The van der Waals surface area contributed by atoms with Gasteiger partial charge in [-0.15, -0.1) is 0 Å². The Hall–Kier alpha value is -1.56. The van der Waals surface area contributed by atoms with Crippen molar-refractivity contribution in [3.63, 3.8) is 0 Å². The Morgan fingerprint density at radius 2 is 2.07 bits per heavy atom. The highest BCUT2D eigenvalue weighted by atomic mass is 19.1. The van der Waals surface area contributed by atoms with Crippen LogP contribution >= 0.6 is 0 Å². The summed E-state index contributed by atoms with van der Waals surface area (Å²) in [6.07, 6.45) is 0. The van der Waals surface area contributed by atoms with Gasteiger partial charge in [0.25, 0.3) is 0 Å². The Bertz CT molecular complexity index is 380. The average Bonchev–Trinajstić information content (AvgIpc) is 2.02. The molecule has 0 aliphatic rings. The van der Waals surface area contributed by atoms with E-state index in [0.29, 0.717) is 0 Å². The predicted molar refractivity (Wildman–Crippen MR) is 45.6 cm³/mol. The second-order valence-corrected chi connectivity index (χ2v) is 2.84. The summed E-state index contributed by atoms with van der Waals surface area (Å²) in [6.45, 7) is 1.35. The fourth-order valence-electron chi connectivity index (χ4n) is 1.12. The van der Waals surface area contributed by atoms with Gasteiger partial charge in [0.1, 0.15) is 5.82 Å². The van der Waals surface area contributed by atoms with Gasteiger partial charge < -0.3 is 5.73 Å². The first-order chi connectivity index (χ1) is 6.45. The molecule has 0 fully saturated rings. The Kier molecular flexibility index (Phi) is 2.76. The Morgan fingerprint density at radius 1 is 1.50 bits per heavy atom. The molecule has 1 atom stereocenters. The predicted octanol–water partition coefficient (Wildman–Crippen LogP) is 1.89. The number of nitrogens with two attached hydrogens (primary N) is 1. The number of nitrogens with zero attached hydrogens (tertiary/aromatic N) is 1. The van der Waals surface area contributed by atoms with Crippen molar-refractivity contribution in [2.45, 2.75) is 13.0 Å². The summed E-state index contributed by atoms with van der Waals surface area (Å²) in [5.74, 6) is -2.08. The van der Waals surface area contributed by atoms with E-state index in [2.05, 4.69) is 0 Å². The van der Waals surface area contributed by atoms with E-state index >= 15 is 0 Å². The van der Waals surface area contributed by atoms with E-state index in [-0.39, 0.29) is 0 Å². The minimum atomic E-state index is -1.20. The molecule has 14 heavy (non-hydrogen) atoms. The summed E-state index contributed by atoms with van der Waals surface area (Å²) < 4.78 is 26.3. The molecule has 0 aromatic heterocycles. The standard InChI is InChI=1S/C8H8F2N2O2/c1-4(11)7-5(9)2-3-6(8(7)10)12(13)14/h2-4H,11H2,1H3. The summed E-state index contributed by atoms with van der Waals surface area (Å²) in [5.41, 5.74) is 4.06. The molecule has 0 saturated heterocycles. The molecule has 76 valence electrons. The fraction of sp³-hybridized carbons (Fsp3) is 0.250. The molecule has 0 aliphatic carbocycles. The number of hydrogen-bond acceptors (Lipinski definition) is 3. The van der Waals surface area contributed by atoms with Gasteiger partial charge >= 0.3 is 5.69 Å². The summed E-state index contributed by atoms with van der Waals surface area (Å²) >= 11 is 0. The Balaban J connectivity index is 3.41. The first-order valence-corrected chi connectivity index (χ1v) is 3.83. The number of nitro benzene ring substituents is 1. The highest BCUT2D eigenvalue weighted by Crippen LogP contribution is 2.26. The molecule has 6 heteroatoms. The fourth-order valence-corrected chi connectivity index (χ4v) is 1.12. The van der Waals surface area contributed by atoms with Crippen LogP contribution in [-0.4, -0.2) is 4.92 Å². The third kappa shape index (κ3) is 1.69. The maximum Gasteiger partial charge on any atom is 0.305 e. The van der Waals surface area contributed by atoms with Crippen LogP contribution in [0, 0.1) is 21.7 Å². The SMILES string of the molecule is CC(N)c1c(F)ccc([N+](=O)[O-])c1F. The highest BCUT2D eigenvalue weighted by molar-refractivity contribution is 5.38. The molecule has 0 spiro atoms. The molecule has 1 aromatic carbocycles. The molecular formula is C8H8F2N2O2. The molecule has 1 aromatic rings. The number of benzene rings is 1. The van der Waals surface area contributed by atoms with Gasteiger partial charge in [-0.25, -0.2) is 4.39 Å². The molecule has 0 radical (unpaired) electrons. The zero-order chi connectivity index (χ0) is 10.9. The molecule has 0 aliphatic heterocycles. The van der Waals surface area contributed by atoms with E-state index < -0.39 is 33.9 Å². The van der Waals surface area contributed by atoms with Crippen molar-refractivity contribution in [1.29, 1.82) is 0 Å². The minimum absolute atomic E-state index is 0.459. The van der Waals surface area contributed by atoms with Gasteiger partial charge in [0.15, 0.2) is 0 Å². The van der Waals surface area contributed by atoms with Crippen LogP contribution in [0.4, 0.5) is 14.5 Å². The number of hydrogen-bond donors (Lipinski definition) is 1. The van der Waals surface area contributed by atoms with Crippen LogP contribution in [0.2, 0.25) is 0 Å². The van der Waals surface area contributed by atoms with Gasteiger partial charge in [-0.05, 0) is 13.0 Å². The summed E-state index contributed by atoms with van der Waals surface area (Å²) in [5, 5.41) is 10.3. The van der Waals surface area contributed by atoms with Gasteiger partial charge in [0.05, 0.1) is 4.92 Å². The summed E-state index contributed by atoms with van der Waals surface area (Å²) in [6, 6.07) is 0.686. The normalized spacial score (nSPS) is 12.6. The van der Waals surface area contributed by atoms with Crippen molar-refractivity contribution in [3.8, 4) is 0 Å². The second-order valence-electron chi connectivity index (χ2n) is 2.84. The van der Waals surface area contributed by atoms with Crippen LogP contribution in [-0.2, 0) is 0 Å². The maximum atomic E-state index is 13.3. The van der Waals surface area contributed by atoms with E-state index in [0.717, 1.165) is 12.1 Å². The van der Waals surface area contributed by atoms with Crippen LogP contribution in [0.5, 0.6) is 0 Å². The highest BCUT2D eigenvalue weighted by Gasteiger charge is 2.23. The van der Waals surface area contributed by atoms with E-state index in [1.165, 1.54) is 6.92 Å². The monoisotopic (exact) mass is 202 g/mol. The van der Waals surface area contributed by atoms with E-state index in [9.17, 15) is 18.9 Å². The third-order valence-corrected chi connectivity index (χ3v) is 1.76. The lowest BCUT2D eigenvalue weighted by Gasteiger charge is -2.07. The van der Waals surface area contributed by atoms with Crippen molar-refractivity contribution < 1.29 is 13.7 Å². The van der Waals surface area contributed by atoms with E-state index in [1.807, 2.05) is 0 Å². The Labute approximate surface area is 78.5 Å². The largest absolute Gasteiger partial charge is 0.324 e. The van der Waals surface area contributed by atoms with Crippen LogP contribution in [0.15, 0.2) is 12.1 Å². The minimum Gasteiger partial charge on any atom is -0.324 e. The number of nitro groups is 1. The topological polar surface area (TPSA) is 69.2 Å². The second kappa shape index (κ2) is 3.67. The zero-order valence-corrected chi connectivity index (χ0v) is 7.33. The van der Waals surface area contributed by atoms with Gasteiger partial charge in [-0.2, -0.15) is 4.39 Å². The zero-order valence-electron chi connectivity index (χ0n) is 7.33. The molecule has 1 rings (SSSR count). The van der Waals surface area contributed by atoms with Crippen molar-refractivity contribution >= 4 is 5.69 Å². The first-order valence-electron chi connectivity index (χ1n) is 3.83. The lowest BCUT2D eigenvalue weighted by molar-refractivity contribution is -0.387. The number of rotatable bonds is 2. The van der Waals surface area contributed by atoms with Gasteiger partial charge in [-0.3, -0.25) is 10.1 Å². The smallest absolute Gasteiger partial charge is 0.305 e. The maximum absolute atomic E-state index is 13.3. The first kappa shape index (κ1) is 10.5. The molecule has 2 N–H and O–H groups in total. The van der Waals surface area contributed by atoms with Crippen molar-refractivity contribution in [2.24, 2.45) is 5.73 Å². The molecular weight excluding hydrogens is 194 g/mol. The molecule has 0 heterocycles. The molecule has 0 amide bonds. The van der Waals surface area contributed by atoms with Crippen LogP contribution in [0.1, 0.15) is 18.5 Å². The molecule has 4 nitrogen and oxygen atoms in total. The molecule has 0 bridgehead atoms. The van der Waals surface area contributed by atoms with Gasteiger partial charge in [0, 0.05) is 17.7 Å².